The van der Waals surface area contributed by atoms with Crippen molar-refractivity contribution in [2.75, 3.05) is 18.1 Å². The van der Waals surface area contributed by atoms with Crippen molar-refractivity contribution < 1.29 is 5.11 Å². The zero-order valence-corrected chi connectivity index (χ0v) is 12.8. The number of hydrogen-bond donors (Lipinski definition) is 2. The van der Waals surface area contributed by atoms with Crippen molar-refractivity contribution in [3.05, 3.63) is 23.4 Å². The summed E-state index contributed by atoms with van der Waals surface area (Å²) in [6.07, 6.45) is 7.85. The predicted octanol–water partition coefficient (Wildman–Crippen LogP) is 2.16. The Kier molecular flexibility index (Phi) is 5.31. The molecule has 1 aromatic heterocycles. The van der Waals surface area contributed by atoms with Crippen molar-refractivity contribution in [2.45, 2.75) is 45.1 Å². The molecule has 0 bridgehead atoms. The van der Waals surface area contributed by atoms with Gasteiger partial charge in [0.2, 0.25) is 0 Å². The molecule has 0 spiro atoms. The average molecular weight is 293 g/mol. The monoisotopic (exact) mass is 293 g/mol. The molecule has 4 nitrogen and oxygen atoms in total. The fourth-order valence-corrected chi connectivity index (χ4v) is 3.28. The van der Waals surface area contributed by atoms with Crippen molar-refractivity contribution in [1.82, 2.24) is 4.98 Å². The predicted molar refractivity (Wildman–Crippen MR) is 86.2 cm³/mol. The Balaban J connectivity index is 2.38. The van der Waals surface area contributed by atoms with Gasteiger partial charge in [-0.05, 0) is 31.4 Å². The highest BCUT2D eigenvalue weighted by molar-refractivity contribution is 7.80. The van der Waals surface area contributed by atoms with E-state index in [1.165, 1.54) is 19.3 Å². The highest BCUT2D eigenvalue weighted by Crippen LogP contribution is 2.29. The van der Waals surface area contributed by atoms with E-state index in [4.69, 9.17) is 18.0 Å². The standard InChI is InChI=1S/C15H23N3OS/c1-11-7-8-17-15(13(11)14(16)20)18(9-10-19)12-5-3-2-4-6-12/h7-8,12,19H,2-6,9-10H2,1H3,(H2,16,20). The Bertz CT molecular complexity index is 472. The Morgan fingerprint density at radius 2 is 2.15 bits per heavy atom. The molecule has 110 valence electrons. The number of aromatic nitrogens is 1. The molecule has 1 fully saturated rings. The first-order valence-corrected chi connectivity index (χ1v) is 7.69. The van der Waals surface area contributed by atoms with Crippen LogP contribution in [0.2, 0.25) is 0 Å². The largest absolute Gasteiger partial charge is 0.395 e. The summed E-state index contributed by atoms with van der Waals surface area (Å²) in [6.45, 7) is 2.69. The van der Waals surface area contributed by atoms with E-state index in [0.717, 1.165) is 29.8 Å². The van der Waals surface area contributed by atoms with Gasteiger partial charge >= 0.3 is 0 Å². The minimum Gasteiger partial charge on any atom is -0.395 e. The number of aliphatic hydroxyl groups is 1. The number of anilines is 1. The normalized spacial score (nSPS) is 16.1. The molecule has 0 atom stereocenters. The number of rotatable bonds is 5. The molecule has 0 radical (unpaired) electrons. The number of nitrogens with two attached hydrogens (primary N) is 1. The van der Waals surface area contributed by atoms with Crippen LogP contribution < -0.4 is 10.6 Å². The number of thiocarbonyl (C=S) groups is 1. The number of aryl methyl sites for hydroxylation is 1. The van der Waals surface area contributed by atoms with E-state index < -0.39 is 0 Å². The van der Waals surface area contributed by atoms with Crippen molar-refractivity contribution >= 4 is 23.0 Å². The van der Waals surface area contributed by atoms with Crippen LogP contribution in [0.1, 0.15) is 43.2 Å². The summed E-state index contributed by atoms with van der Waals surface area (Å²) < 4.78 is 0. The van der Waals surface area contributed by atoms with E-state index in [0.29, 0.717) is 17.6 Å². The maximum absolute atomic E-state index is 9.39. The molecule has 20 heavy (non-hydrogen) atoms. The van der Waals surface area contributed by atoms with Crippen LogP contribution in [0, 0.1) is 6.92 Å². The first-order chi connectivity index (χ1) is 9.65. The summed E-state index contributed by atoms with van der Waals surface area (Å²) in [6, 6.07) is 2.36. The van der Waals surface area contributed by atoms with Crippen molar-refractivity contribution in [1.29, 1.82) is 0 Å². The van der Waals surface area contributed by atoms with E-state index in [-0.39, 0.29) is 6.61 Å². The zero-order chi connectivity index (χ0) is 14.5. The van der Waals surface area contributed by atoms with Gasteiger partial charge < -0.3 is 15.7 Å². The summed E-state index contributed by atoms with van der Waals surface area (Å²) in [5.74, 6) is 0.832. The number of pyridine rings is 1. The number of aliphatic hydroxyl groups excluding tert-OH is 1. The molecule has 0 aromatic carbocycles. The lowest BCUT2D eigenvalue weighted by Crippen LogP contribution is -2.40. The van der Waals surface area contributed by atoms with Crippen LogP contribution in [0.5, 0.6) is 0 Å². The van der Waals surface area contributed by atoms with E-state index in [1.54, 1.807) is 6.20 Å². The lowest BCUT2D eigenvalue weighted by atomic mass is 9.93. The third-order valence-electron chi connectivity index (χ3n) is 4.01. The first kappa shape index (κ1) is 15.2. The fourth-order valence-electron chi connectivity index (χ4n) is 3.03. The van der Waals surface area contributed by atoms with Gasteiger partial charge in [0, 0.05) is 18.8 Å². The quantitative estimate of drug-likeness (QED) is 0.815. The van der Waals surface area contributed by atoms with Crippen LogP contribution in [-0.4, -0.2) is 34.3 Å². The summed E-state index contributed by atoms with van der Waals surface area (Å²) in [4.78, 5) is 7.08. The van der Waals surface area contributed by atoms with Crippen LogP contribution >= 0.6 is 12.2 Å². The molecule has 3 N–H and O–H groups in total. The van der Waals surface area contributed by atoms with Crippen LogP contribution in [0.15, 0.2) is 12.3 Å². The van der Waals surface area contributed by atoms with Crippen molar-refractivity contribution in [3.8, 4) is 0 Å². The van der Waals surface area contributed by atoms with Crippen LogP contribution in [-0.2, 0) is 0 Å². The summed E-state index contributed by atoms with van der Waals surface area (Å²) in [5.41, 5.74) is 7.77. The van der Waals surface area contributed by atoms with Gasteiger partial charge in [-0.2, -0.15) is 0 Å². The molecule has 1 heterocycles. The number of hydrogen-bond acceptors (Lipinski definition) is 4. The van der Waals surface area contributed by atoms with Crippen molar-refractivity contribution in [2.24, 2.45) is 5.73 Å². The Morgan fingerprint density at radius 1 is 1.45 bits per heavy atom. The third-order valence-corrected chi connectivity index (χ3v) is 4.22. The second-order valence-corrected chi connectivity index (χ2v) is 5.84. The third kappa shape index (κ3) is 3.27. The van der Waals surface area contributed by atoms with E-state index in [2.05, 4.69) is 9.88 Å². The lowest BCUT2D eigenvalue weighted by molar-refractivity contribution is 0.289. The molecule has 0 saturated heterocycles. The van der Waals surface area contributed by atoms with Gasteiger partial charge in [0.1, 0.15) is 10.8 Å². The molecule has 1 aliphatic carbocycles. The summed E-state index contributed by atoms with van der Waals surface area (Å²) in [7, 11) is 0. The highest BCUT2D eigenvalue weighted by atomic mass is 32.1. The SMILES string of the molecule is Cc1ccnc(N(CCO)C2CCCCC2)c1C(N)=S. The van der Waals surface area contributed by atoms with Gasteiger partial charge in [0.05, 0.1) is 12.2 Å². The lowest BCUT2D eigenvalue weighted by Gasteiger charge is -2.36. The Labute approximate surface area is 126 Å². The number of nitrogens with zero attached hydrogens (tertiary/aromatic N) is 2. The Hall–Kier alpha value is -1.20. The minimum atomic E-state index is 0.114. The van der Waals surface area contributed by atoms with Gasteiger partial charge in [0.25, 0.3) is 0 Å². The van der Waals surface area contributed by atoms with Crippen LogP contribution in [0.3, 0.4) is 0 Å². The average Bonchev–Trinajstić information content (AvgIpc) is 2.45. The first-order valence-electron chi connectivity index (χ1n) is 7.28. The molecule has 0 amide bonds. The summed E-state index contributed by atoms with van der Waals surface area (Å²) in [5, 5.41) is 9.39. The van der Waals surface area contributed by atoms with Gasteiger partial charge in [-0.3, -0.25) is 0 Å². The second kappa shape index (κ2) is 6.99. The smallest absolute Gasteiger partial charge is 0.139 e. The molecule has 1 aromatic rings. The van der Waals surface area contributed by atoms with E-state index >= 15 is 0 Å². The molecule has 5 heteroatoms. The van der Waals surface area contributed by atoms with Crippen LogP contribution in [0.25, 0.3) is 0 Å². The molecule has 0 unspecified atom stereocenters. The Morgan fingerprint density at radius 3 is 2.75 bits per heavy atom. The van der Waals surface area contributed by atoms with E-state index in [1.807, 2.05) is 13.0 Å². The molecule has 2 rings (SSSR count). The van der Waals surface area contributed by atoms with Crippen LogP contribution in [0.4, 0.5) is 5.82 Å². The topological polar surface area (TPSA) is 62.4 Å². The maximum atomic E-state index is 9.39. The zero-order valence-electron chi connectivity index (χ0n) is 12.0. The second-order valence-electron chi connectivity index (χ2n) is 5.40. The highest BCUT2D eigenvalue weighted by Gasteiger charge is 2.25. The van der Waals surface area contributed by atoms with Crippen molar-refractivity contribution in [3.63, 3.8) is 0 Å². The maximum Gasteiger partial charge on any atom is 0.139 e. The minimum absolute atomic E-state index is 0.114. The van der Waals surface area contributed by atoms with E-state index in [9.17, 15) is 5.11 Å². The fraction of sp³-hybridized carbons (Fsp3) is 0.600. The van der Waals surface area contributed by atoms with Gasteiger partial charge in [0.15, 0.2) is 0 Å². The van der Waals surface area contributed by atoms with Gasteiger partial charge in [-0.25, -0.2) is 4.98 Å². The molecular formula is C15H23N3OS. The molecular weight excluding hydrogens is 270 g/mol. The van der Waals surface area contributed by atoms with Gasteiger partial charge in [-0.15, -0.1) is 0 Å². The molecule has 1 saturated carbocycles. The molecule has 0 aliphatic heterocycles. The summed E-state index contributed by atoms with van der Waals surface area (Å²) >= 11 is 5.19. The van der Waals surface area contributed by atoms with Gasteiger partial charge in [-0.1, -0.05) is 31.5 Å². The molecule has 1 aliphatic rings.